The predicted octanol–water partition coefficient (Wildman–Crippen LogP) is -0.126. The third kappa shape index (κ3) is 4.62. The van der Waals surface area contributed by atoms with E-state index in [1.54, 1.807) is 18.2 Å². The van der Waals surface area contributed by atoms with Crippen molar-refractivity contribution in [3.63, 3.8) is 0 Å². The van der Waals surface area contributed by atoms with Gasteiger partial charge in [-0.05, 0) is 26.0 Å². The minimum atomic E-state index is -1.64. The third-order valence-corrected chi connectivity index (χ3v) is 5.62. The Hall–Kier alpha value is -2.51. The molecule has 33 heavy (non-hydrogen) atoms. The number of ether oxygens (including phenoxy) is 3. The van der Waals surface area contributed by atoms with Gasteiger partial charge in [-0.1, -0.05) is 0 Å². The van der Waals surface area contributed by atoms with Crippen LogP contribution in [-0.2, 0) is 9.47 Å². The maximum Gasteiger partial charge on any atom is 0.336 e. The SMILES string of the molecule is CC(C)(O)[C@@H](COc1c2ccoc2cc2oc(=O)ccc12)O[C@@H]1O[C@H](CO)[C@@H](O)[C@H](O)[C@H]1O. The number of benzene rings is 1. The van der Waals surface area contributed by atoms with E-state index in [0.717, 1.165) is 0 Å². The van der Waals surface area contributed by atoms with Crippen molar-refractivity contribution in [2.45, 2.75) is 56.3 Å². The minimum Gasteiger partial charge on any atom is -0.489 e. The fourth-order valence-corrected chi connectivity index (χ4v) is 3.68. The van der Waals surface area contributed by atoms with E-state index in [2.05, 4.69) is 0 Å². The summed E-state index contributed by atoms with van der Waals surface area (Å²) in [6, 6.07) is 6.03. The number of hydrogen-bond acceptors (Lipinski definition) is 11. The van der Waals surface area contributed by atoms with Crippen molar-refractivity contribution in [2.75, 3.05) is 13.2 Å². The van der Waals surface area contributed by atoms with E-state index in [9.17, 15) is 30.3 Å². The van der Waals surface area contributed by atoms with Crippen molar-refractivity contribution in [3.05, 3.63) is 40.9 Å². The highest BCUT2D eigenvalue weighted by Gasteiger charge is 2.46. The summed E-state index contributed by atoms with van der Waals surface area (Å²) in [6.07, 6.45) is -7.07. The van der Waals surface area contributed by atoms with Crippen LogP contribution in [0.3, 0.4) is 0 Å². The lowest BCUT2D eigenvalue weighted by Gasteiger charge is -2.42. The summed E-state index contributed by atoms with van der Waals surface area (Å²) in [7, 11) is 0. The van der Waals surface area contributed by atoms with Gasteiger partial charge in [-0.25, -0.2) is 4.79 Å². The average Bonchev–Trinajstić information content (AvgIpc) is 3.22. The van der Waals surface area contributed by atoms with Gasteiger partial charge >= 0.3 is 5.63 Å². The molecule has 6 atom stereocenters. The van der Waals surface area contributed by atoms with Crippen molar-refractivity contribution < 1.29 is 48.6 Å². The number of aliphatic hydroxyl groups excluding tert-OH is 4. The van der Waals surface area contributed by atoms with Gasteiger partial charge in [0.1, 0.15) is 54.0 Å². The molecule has 1 aliphatic rings. The summed E-state index contributed by atoms with van der Waals surface area (Å²) in [6.45, 7) is 2.06. The van der Waals surface area contributed by atoms with Gasteiger partial charge < -0.3 is 48.6 Å². The lowest BCUT2D eigenvalue weighted by Crippen LogP contribution is -2.61. The van der Waals surface area contributed by atoms with E-state index in [1.807, 2.05) is 0 Å². The van der Waals surface area contributed by atoms with Crippen molar-refractivity contribution >= 4 is 21.9 Å². The van der Waals surface area contributed by atoms with Crippen LogP contribution in [0.1, 0.15) is 13.8 Å². The third-order valence-electron chi connectivity index (χ3n) is 5.62. The Balaban J connectivity index is 1.61. The molecule has 1 aliphatic heterocycles. The molecule has 0 amide bonds. The number of rotatable bonds is 7. The van der Waals surface area contributed by atoms with Gasteiger partial charge in [0.25, 0.3) is 0 Å². The lowest BCUT2D eigenvalue weighted by atomic mass is 9.98. The first-order valence-electron chi connectivity index (χ1n) is 10.4. The molecule has 0 saturated carbocycles. The van der Waals surface area contributed by atoms with E-state index in [4.69, 9.17) is 23.0 Å². The van der Waals surface area contributed by atoms with Crippen molar-refractivity contribution in [2.24, 2.45) is 0 Å². The number of hydrogen-bond donors (Lipinski definition) is 5. The second-order valence-corrected chi connectivity index (χ2v) is 8.49. The zero-order chi connectivity index (χ0) is 23.9. The van der Waals surface area contributed by atoms with Gasteiger partial charge in [0.05, 0.1) is 29.2 Å². The van der Waals surface area contributed by atoms with Crippen LogP contribution in [-0.4, -0.2) is 81.2 Å². The predicted molar refractivity (Wildman–Crippen MR) is 113 cm³/mol. The highest BCUT2D eigenvalue weighted by atomic mass is 16.7. The Bertz CT molecular complexity index is 1160. The Morgan fingerprint density at radius 3 is 2.48 bits per heavy atom. The topological polar surface area (TPSA) is 172 Å². The molecule has 3 aromatic rings. The van der Waals surface area contributed by atoms with E-state index >= 15 is 0 Å². The van der Waals surface area contributed by atoms with Crippen molar-refractivity contribution in [1.82, 2.24) is 0 Å². The van der Waals surface area contributed by atoms with Gasteiger partial charge in [0, 0.05) is 12.1 Å². The minimum absolute atomic E-state index is 0.239. The molecular formula is C22H26O11. The monoisotopic (exact) mass is 466 g/mol. The van der Waals surface area contributed by atoms with Crippen LogP contribution in [0.2, 0.25) is 0 Å². The smallest absolute Gasteiger partial charge is 0.336 e. The van der Waals surface area contributed by atoms with E-state index in [0.29, 0.717) is 22.1 Å². The Labute approximate surface area is 187 Å². The van der Waals surface area contributed by atoms with Crippen LogP contribution in [0.15, 0.2) is 44.2 Å². The maximum atomic E-state index is 11.6. The summed E-state index contributed by atoms with van der Waals surface area (Å²) in [5.74, 6) is 0.326. The first kappa shape index (κ1) is 23.6. The summed E-state index contributed by atoms with van der Waals surface area (Å²) < 4.78 is 27.8. The largest absolute Gasteiger partial charge is 0.489 e. The normalized spacial score (nSPS) is 27.2. The van der Waals surface area contributed by atoms with Crippen LogP contribution < -0.4 is 10.4 Å². The second kappa shape index (κ2) is 9.03. The molecular weight excluding hydrogens is 440 g/mol. The van der Waals surface area contributed by atoms with Crippen LogP contribution in [0.25, 0.3) is 21.9 Å². The Morgan fingerprint density at radius 2 is 1.79 bits per heavy atom. The molecule has 1 aromatic carbocycles. The Morgan fingerprint density at radius 1 is 1.06 bits per heavy atom. The molecule has 0 bridgehead atoms. The molecule has 3 heterocycles. The molecule has 11 nitrogen and oxygen atoms in total. The summed E-state index contributed by atoms with van der Waals surface area (Å²) in [4.78, 5) is 11.6. The average molecular weight is 466 g/mol. The molecule has 0 spiro atoms. The van der Waals surface area contributed by atoms with E-state index in [1.165, 1.54) is 26.2 Å². The van der Waals surface area contributed by atoms with Gasteiger partial charge in [0.15, 0.2) is 6.29 Å². The lowest BCUT2D eigenvalue weighted by molar-refractivity contribution is -0.323. The number of furan rings is 1. The number of aliphatic hydroxyl groups is 5. The molecule has 0 aliphatic carbocycles. The van der Waals surface area contributed by atoms with E-state index in [-0.39, 0.29) is 12.2 Å². The number of fused-ring (bicyclic) bond motifs is 2. The van der Waals surface area contributed by atoms with Crippen LogP contribution in [0, 0.1) is 0 Å². The van der Waals surface area contributed by atoms with Gasteiger partial charge in [-0.15, -0.1) is 0 Å². The molecule has 180 valence electrons. The maximum absolute atomic E-state index is 11.6. The van der Waals surface area contributed by atoms with Crippen LogP contribution in [0.4, 0.5) is 0 Å². The van der Waals surface area contributed by atoms with Crippen LogP contribution in [0.5, 0.6) is 5.75 Å². The summed E-state index contributed by atoms with van der Waals surface area (Å²) >= 11 is 0. The molecule has 0 unspecified atom stereocenters. The molecule has 4 rings (SSSR count). The first-order chi connectivity index (χ1) is 15.6. The zero-order valence-electron chi connectivity index (χ0n) is 18.0. The molecule has 1 fully saturated rings. The first-order valence-corrected chi connectivity index (χ1v) is 10.4. The molecule has 2 aromatic heterocycles. The van der Waals surface area contributed by atoms with Gasteiger partial charge in [-0.3, -0.25) is 0 Å². The second-order valence-electron chi connectivity index (χ2n) is 8.49. The quantitative estimate of drug-likeness (QED) is 0.294. The molecule has 5 N–H and O–H groups in total. The molecule has 0 radical (unpaired) electrons. The highest BCUT2D eigenvalue weighted by molar-refractivity contribution is 6.01. The fourth-order valence-electron chi connectivity index (χ4n) is 3.68. The Kier molecular flexibility index (Phi) is 6.47. The van der Waals surface area contributed by atoms with Gasteiger partial charge in [-0.2, -0.15) is 0 Å². The summed E-state index contributed by atoms with van der Waals surface area (Å²) in [5, 5.41) is 51.4. The fraction of sp³-hybridized carbons (Fsp3) is 0.500. The zero-order valence-corrected chi connectivity index (χ0v) is 18.0. The molecule has 11 heteroatoms. The van der Waals surface area contributed by atoms with Gasteiger partial charge in [0.2, 0.25) is 0 Å². The van der Waals surface area contributed by atoms with E-state index < -0.39 is 54.6 Å². The summed E-state index contributed by atoms with van der Waals surface area (Å²) in [5.41, 5.74) is -1.37. The highest BCUT2D eigenvalue weighted by Crippen LogP contribution is 2.36. The van der Waals surface area contributed by atoms with Crippen molar-refractivity contribution in [3.8, 4) is 5.75 Å². The van der Waals surface area contributed by atoms with Crippen LogP contribution >= 0.6 is 0 Å². The molecule has 1 saturated heterocycles. The standard InChI is InChI=1S/C22H26O11/c1-22(2,28)15(33-21-19(27)18(26)17(25)14(8-23)32-21)9-30-20-10-3-4-16(24)31-13(10)7-12-11(20)5-6-29-12/h3-7,14-15,17-19,21,23,25-28H,8-9H2,1-2H3/t14-,15-,17-,18+,19-,21+/m1/s1. The van der Waals surface area contributed by atoms with Crippen molar-refractivity contribution in [1.29, 1.82) is 0 Å².